The molecule has 2 rings (SSSR count). The third-order valence-electron chi connectivity index (χ3n) is 2.51. The summed E-state index contributed by atoms with van der Waals surface area (Å²) in [5, 5.41) is 8.07. The van der Waals surface area contributed by atoms with Gasteiger partial charge in [0.15, 0.2) is 0 Å². The molecule has 0 bridgehead atoms. The highest BCUT2D eigenvalue weighted by molar-refractivity contribution is 5.18. The molecule has 0 amide bonds. The second-order valence-electron chi connectivity index (χ2n) is 3.91. The zero-order chi connectivity index (χ0) is 12.7. The summed E-state index contributed by atoms with van der Waals surface area (Å²) >= 11 is 0. The molecule has 0 radical (unpaired) electrons. The molecule has 0 saturated carbocycles. The van der Waals surface area contributed by atoms with Crippen molar-refractivity contribution in [2.24, 2.45) is 7.05 Å². The van der Waals surface area contributed by atoms with Gasteiger partial charge in [-0.25, -0.2) is 0 Å². The molecule has 0 spiro atoms. The molecule has 1 unspecified atom stereocenters. The quantitative estimate of drug-likeness (QED) is 0.812. The zero-order valence-electron chi connectivity index (χ0n) is 11.1. The topological polar surface area (TPSA) is 30.7 Å². The minimum atomic E-state index is 0.418. The van der Waals surface area contributed by atoms with Gasteiger partial charge in [0.1, 0.15) is 0 Å². The summed E-state index contributed by atoms with van der Waals surface area (Å²) in [5.74, 6) is 0.418. The highest BCUT2D eigenvalue weighted by Crippen LogP contribution is 2.17. The first-order valence-corrected chi connectivity index (χ1v) is 6.16. The van der Waals surface area contributed by atoms with Gasteiger partial charge in [-0.1, -0.05) is 56.3 Å². The van der Waals surface area contributed by atoms with Crippen LogP contribution < -0.4 is 0 Å². The van der Waals surface area contributed by atoms with Crippen LogP contribution in [0.25, 0.3) is 0 Å². The van der Waals surface area contributed by atoms with Gasteiger partial charge in [0, 0.05) is 19.2 Å². The Kier molecular flexibility index (Phi) is 5.40. The number of aromatic nitrogens is 3. The average molecular weight is 231 g/mol. The standard InChI is InChI=1S/C12H15N3.C2H6/c1-10(12-9-15(2)14-13-12)8-11-6-4-3-5-7-11;1-2/h3-7,9-10H,8H2,1-2H3;1-2H3. The molecule has 3 heteroatoms. The van der Waals surface area contributed by atoms with Crippen LogP contribution in [-0.2, 0) is 13.5 Å². The van der Waals surface area contributed by atoms with Gasteiger partial charge in [0.25, 0.3) is 0 Å². The van der Waals surface area contributed by atoms with Crippen molar-refractivity contribution in [3.8, 4) is 0 Å². The van der Waals surface area contributed by atoms with E-state index in [1.54, 1.807) is 4.68 Å². The van der Waals surface area contributed by atoms with E-state index in [4.69, 9.17) is 0 Å². The predicted octanol–water partition coefficient (Wildman–Crippen LogP) is 3.19. The van der Waals surface area contributed by atoms with Gasteiger partial charge in [0.2, 0.25) is 0 Å². The van der Waals surface area contributed by atoms with Crippen molar-refractivity contribution in [3.63, 3.8) is 0 Å². The Bertz CT molecular complexity index is 420. The number of benzene rings is 1. The van der Waals surface area contributed by atoms with Crippen LogP contribution in [0.1, 0.15) is 37.9 Å². The minimum absolute atomic E-state index is 0.418. The molecule has 1 atom stereocenters. The highest BCUT2D eigenvalue weighted by atomic mass is 15.4. The summed E-state index contributed by atoms with van der Waals surface area (Å²) in [7, 11) is 1.89. The summed E-state index contributed by atoms with van der Waals surface area (Å²) in [6.45, 7) is 6.18. The third-order valence-corrected chi connectivity index (χ3v) is 2.51. The largest absolute Gasteiger partial charge is 0.255 e. The molecule has 92 valence electrons. The number of hydrogen-bond donors (Lipinski definition) is 0. The van der Waals surface area contributed by atoms with Gasteiger partial charge in [-0.3, -0.25) is 4.68 Å². The van der Waals surface area contributed by atoms with Crippen molar-refractivity contribution in [3.05, 3.63) is 47.8 Å². The lowest BCUT2D eigenvalue weighted by Gasteiger charge is -2.07. The average Bonchev–Trinajstić information content (AvgIpc) is 2.80. The van der Waals surface area contributed by atoms with Gasteiger partial charge in [0.05, 0.1) is 5.69 Å². The molecule has 3 nitrogen and oxygen atoms in total. The molecule has 1 aromatic carbocycles. The molecule has 1 heterocycles. The molecule has 1 aromatic heterocycles. The fraction of sp³-hybridized carbons (Fsp3) is 0.429. The molecule has 0 N–H and O–H groups in total. The van der Waals surface area contributed by atoms with E-state index in [9.17, 15) is 0 Å². The smallest absolute Gasteiger partial charge is 0.0858 e. The van der Waals surface area contributed by atoms with E-state index in [0.29, 0.717) is 5.92 Å². The van der Waals surface area contributed by atoms with E-state index in [2.05, 4.69) is 41.5 Å². The van der Waals surface area contributed by atoms with E-state index < -0.39 is 0 Å². The Morgan fingerprint density at radius 1 is 1.18 bits per heavy atom. The number of rotatable bonds is 3. The van der Waals surface area contributed by atoms with Crippen LogP contribution in [0.5, 0.6) is 0 Å². The lowest BCUT2D eigenvalue weighted by Crippen LogP contribution is -1.98. The van der Waals surface area contributed by atoms with Crippen molar-refractivity contribution >= 4 is 0 Å². The molecule has 0 fully saturated rings. The molecular weight excluding hydrogens is 210 g/mol. The van der Waals surface area contributed by atoms with Crippen LogP contribution >= 0.6 is 0 Å². The fourth-order valence-corrected chi connectivity index (χ4v) is 1.66. The Labute approximate surface area is 103 Å². The highest BCUT2D eigenvalue weighted by Gasteiger charge is 2.09. The van der Waals surface area contributed by atoms with E-state index in [1.165, 1.54) is 5.56 Å². The predicted molar refractivity (Wildman–Crippen MR) is 70.9 cm³/mol. The second-order valence-corrected chi connectivity index (χ2v) is 3.91. The molecular formula is C14H21N3. The maximum atomic E-state index is 4.12. The van der Waals surface area contributed by atoms with Gasteiger partial charge in [-0.15, -0.1) is 5.10 Å². The third kappa shape index (κ3) is 4.02. The van der Waals surface area contributed by atoms with Gasteiger partial charge in [-0.05, 0) is 12.0 Å². The molecule has 0 saturated heterocycles. The number of hydrogen-bond acceptors (Lipinski definition) is 2. The lowest BCUT2D eigenvalue weighted by molar-refractivity contribution is 0.700. The lowest BCUT2D eigenvalue weighted by atomic mass is 9.99. The minimum Gasteiger partial charge on any atom is -0.255 e. The van der Waals surface area contributed by atoms with Gasteiger partial charge < -0.3 is 0 Å². The molecule has 0 aliphatic heterocycles. The van der Waals surface area contributed by atoms with Crippen LogP contribution in [0.3, 0.4) is 0 Å². The molecule has 0 aliphatic carbocycles. The Hall–Kier alpha value is -1.64. The molecule has 17 heavy (non-hydrogen) atoms. The Morgan fingerprint density at radius 3 is 2.35 bits per heavy atom. The van der Waals surface area contributed by atoms with Crippen molar-refractivity contribution in [1.82, 2.24) is 15.0 Å². The van der Waals surface area contributed by atoms with Crippen molar-refractivity contribution in [1.29, 1.82) is 0 Å². The maximum absolute atomic E-state index is 4.12. The monoisotopic (exact) mass is 231 g/mol. The fourth-order valence-electron chi connectivity index (χ4n) is 1.66. The normalized spacial score (nSPS) is 11.5. The van der Waals surface area contributed by atoms with Gasteiger partial charge >= 0.3 is 0 Å². The van der Waals surface area contributed by atoms with E-state index in [0.717, 1.165) is 12.1 Å². The summed E-state index contributed by atoms with van der Waals surface area (Å²) in [5.41, 5.74) is 2.40. The first kappa shape index (κ1) is 13.4. The summed E-state index contributed by atoms with van der Waals surface area (Å²) in [4.78, 5) is 0. The Morgan fingerprint density at radius 2 is 1.82 bits per heavy atom. The molecule has 2 aromatic rings. The van der Waals surface area contributed by atoms with E-state index >= 15 is 0 Å². The van der Waals surface area contributed by atoms with Crippen LogP contribution in [0.2, 0.25) is 0 Å². The van der Waals surface area contributed by atoms with Crippen LogP contribution in [0, 0.1) is 0 Å². The SMILES string of the molecule is CC.CC(Cc1ccccc1)c1cn(C)nn1. The zero-order valence-corrected chi connectivity index (χ0v) is 11.1. The summed E-state index contributed by atoms with van der Waals surface area (Å²) in [6.07, 6.45) is 2.99. The van der Waals surface area contributed by atoms with E-state index in [1.807, 2.05) is 33.2 Å². The first-order valence-electron chi connectivity index (χ1n) is 6.16. The number of aryl methyl sites for hydroxylation is 1. The van der Waals surface area contributed by atoms with Crippen LogP contribution in [-0.4, -0.2) is 15.0 Å². The molecule has 0 aliphatic rings. The van der Waals surface area contributed by atoms with Crippen LogP contribution in [0.4, 0.5) is 0 Å². The van der Waals surface area contributed by atoms with Crippen molar-refractivity contribution < 1.29 is 0 Å². The van der Waals surface area contributed by atoms with E-state index in [-0.39, 0.29) is 0 Å². The second kappa shape index (κ2) is 6.84. The van der Waals surface area contributed by atoms with Crippen LogP contribution in [0.15, 0.2) is 36.5 Å². The van der Waals surface area contributed by atoms with Crippen molar-refractivity contribution in [2.75, 3.05) is 0 Å². The first-order chi connectivity index (χ1) is 8.25. The summed E-state index contributed by atoms with van der Waals surface area (Å²) in [6, 6.07) is 10.5. The Balaban J connectivity index is 0.000000686. The number of nitrogens with zero attached hydrogens (tertiary/aromatic N) is 3. The van der Waals surface area contributed by atoms with Crippen molar-refractivity contribution in [2.45, 2.75) is 33.1 Å². The van der Waals surface area contributed by atoms with Gasteiger partial charge in [-0.2, -0.15) is 0 Å². The maximum Gasteiger partial charge on any atom is 0.0858 e. The summed E-state index contributed by atoms with van der Waals surface area (Å²) < 4.78 is 1.75.